The predicted octanol–water partition coefficient (Wildman–Crippen LogP) is 2.84. The van der Waals surface area contributed by atoms with Gasteiger partial charge in [0.25, 0.3) is 11.6 Å². The number of nitro groups is 1. The molecule has 1 saturated heterocycles. The number of amides is 1. The first-order chi connectivity index (χ1) is 14.4. The highest BCUT2D eigenvalue weighted by molar-refractivity contribution is 5.94. The first-order valence-electron chi connectivity index (χ1n) is 10.6. The normalized spacial score (nSPS) is 16.7. The number of nitro benzene ring substituents is 1. The van der Waals surface area contributed by atoms with E-state index >= 15 is 0 Å². The summed E-state index contributed by atoms with van der Waals surface area (Å²) in [6.07, 6.45) is 1.03. The zero-order valence-electron chi connectivity index (χ0n) is 17.9. The lowest BCUT2D eigenvalue weighted by molar-refractivity contribution is -0.914. The third-order valence-corrected chi connectivity index (χ3v) is 6.20. The molecule has 1 amide bonds. The first kappa shape index (κ1) is 21.8. The summed E-state index contributed by atoms with van der Waals surface area (Å²) in [6, 6.07) is 14.6. The Morgan fingerprint density at radius 3 is 2.37 bits per heavy atom. The second kappa shape index (κ2) is 9.71. The number of hydrogen-bond acceptors (Lipinski definition) is 4. The van der Waals surface area contributed by atoms with Crippen LogP contribution >= 0.6 is 0 Å². The minimum absolute atomic E-state index is 0.0459. The molecule has 7 heteroatoms. The van der Waals surface area contributed by atoms with E-state index in [0.29, 0.717) is 5.92 Å². The smallest absolute Gasteiger partial charge is 0.282 e. The molecule has 160 valence electrons. The molecular weight excluding hydrogens is 380 g/mol. The summed E-state index contributed by atoms with van der Waals surface area (Å²) in [4.78, 5) is 26.8. The van der Waals surface area contributed by atoms with Crippen LogP contribution in [0.5, 0.6) is 0 Å². The molecule has 0 aromatic heterocycles. The molecule has 0 spiro atoms. The fourth-order valence-electron chi connectivity index (χ4n) is 3.96. The average molecular weight is 412 g/mol. The van der Waals surface area contributed by atoms with Crippen molar-refractivity contribution >= 4 is 23.0 Å². The molecule has 0 unspecified atom stereocenters. The van der Waals surface area contributed by atoms with Crippen LogP contribution < -0.4 is 15.1 Å². The van der Waals surface area contributed by atoms with Gasteiger partial charge in [0.2, 0.25) is 0 Å². The average Bonchev–Trinajstić information content (AvgIpc) is 2.78. The maximum absolute atomic E-state index is 12.9. The Labute approximate surface area is 177 Å². The van der Waals surface area contributed by atoms with E-state index in [1.54, 1.807) is 24.3 Å². The molecule has 0 saturated carbocycles. The molecule has 0 radical (unpaired) electrons. The van der Waals surface area contributed by atoms with Crippen molar-refractivity contribution in [3.63, 3.8) is 0 Å². The van der Waals surface area contributed by atoms with Crippen LogP contribution in [0.15, 0.2) is 48.5 Å². The maximum atomic E-state index is 12.9. The topological polar surface area (TPSA) is 79.9 Å². The molecule has 1 fully saturated rings. The third-order valence-electron chi connectivity index (χ3n) is 6.20. The van der Waals surface area contributed by atoms with Crippen molar-refractivity contribution in [3.8, 4) is 0 Å². The van der Waals surface area contributed by atoms with Crippen molar-refractivity contribution in [2.75, 3.05) is 36.4 Å². The van der Waals surface area contributed by atoms with Crippen LogP contribution in [0.4, 0.5) is 17.1 Å². The number of carbonyl (C=O) groups is 1. The molecule has 7 nitrogen and oxygen atoms in total. The lowest BCUT2D eigenvalue weighted by atomic mass is 9.97. The van der Waals surface area contributed by atoms with Gasteiger partial charge in [-0.3, -0.25) is 14.9 Å². The van der Waals surface area contributed by atoms with E-state index in [0.717, 1.165) is 44.0 Å². The molecule has 3 rings (SSSR count). The van der Waals surface area contributed by atoms with Crippen LogP contribution in [-0.4, -0.2) is 43.1 Å². The van der Waals surface area contributed by atoms with Crippen molar-refractivity contribution in [3.05, 3.63) is 64.2 Å². The van der Waals surface area contributed by atoms with E-state index in [-0.39, 0.29) is 22.6 Å². The zero-order valence-corrected chi connectivity index (χ0v) is 17.9. The van der Waals surface area contributed by atoms with Gasteiger partial charge in [-0.2, -0.15) is 0 Å². The van der Waals surface area contributed by atoms with E-state index in [1.165, 1.54) is 10.5 Å². The van der Waals surface area contributed by atoms with Gasteiger partial charge >= 0.3 is 0 Å². The summed E-state index contributed by atoms with van der Waals surface area (Å²) in [5, 5.41) is 14.0. The number of carbonyl (C=O) groups excluding carboxylic acids is 1. The highest BCUT2D eigenvalue weighted by atomic mass is 16.6. The molecule has 2 aromatic rings. The number of anilines is 2. The minimum atomic E-state index is -0.383. The Morgan fingerprint density at radius 1 is 1.13 bits per heavy atom. The van der Waals surface area contributed by atoms with E-state index in [4.69, 9.17) is 0 Å². The van der Waals surface area contributed by atoms with E-state index in [2.05, 4.69) is 30.1 Å². The van der Waals surface area contributed by atoms with Gasteiger partial charge in [0.15, 0.2) is 6.04 Å². The maximum Gasteiger partial charge on any atom is 0.282 e. The van der Waals surface area contributed by atoms with E-state index < -0.39 is 0 Å². The minimum Gasteiger partial charge on any atom is -0.360 e. The summed E-state index contributed by atoms with van der Waals surface area (Å²) in [5.74, 6) is 0.443. The summed E-state index contributed by atoms with van der Waals surface area (Å²) in [6.45, 7) is 9.63. The van der Waals surface area contributed by atoms with Gasteiger partial charge in [-0.15, -0.1) is 0 Å². The number of para-hydroxylation sites is 1. The number of quaternary nitrogens is 1. The molecule has 2 aromatic carbocycles. The number of nitrogens with zero attached hydrogens (tertiary/aromatic N) is 2. The number of non-ortho nitro benzene ring substituents is 1. The van der Waals surface area contributed by atoms with Crippen LogP contribution in [-0.2, 0) is 4.79 Å². The monoisotopic (exact) mass is 411 g/mol. The first-order valence-corrected chi connectivity index (χ1v) is 10.6. The van der Waals surface area contributed by atoms with Gasteiger partial charge in [-0.05, 0) is 43.0 Å². The Hall–Kier alpha value is -2.93. The number of hydrogen-bond donors (Lipinski definition) is 2. The second-order valence-corrected chi connectivity index (χ2v) is 8.03. The van der Waals surface area contributed by atoms with Gasteiger partial charge in [-0.1, -0.05) is 32.0 Å². The van der Waals surface area contributed by atoms with E-state index in [1.807, 2.05) is 25.1 Å². The number of rotatable bonds is 7. The molecule has 0 aliphatic carbocycles. The summed E-state index contributed by atoms with van der Waals surface area (Å²) in [7, 11) is 0. The second-order valence-electron chi connectivity index (χ2n) is 8.03. The number of piperazine rings is 1. The molecule has 2 atom stereocenters. The number of nitrogens with one attached hydrogen (secondary N) is 2. The standard InChI is InChI=1S/C23H30N4O3/c1-4-17(2)21-7-5-6-8-22(21)24-23(28)18(3)25-13-15-26(16-14-25)19-9-11-20(12-10-19)27(29)30/h5-12,17-18H,4,13-16H2,1-3H3,(H,24,28)/p+1/t17-,18+/m1/s1. The van der Waals surface area contributed by atoms with Crippen LogP contribution in [0.3, 0.4) is 0 Å². The SMILES string of the molecule is CC[C@@H](C)c1ccccc1NC(=O)[C@H](C)[NH+]1CCN(c2ccc([N+](=O)[O-])cc2)CC1. The Morgan fingerprint density at radius 2 is 1.77 bits per heavy atom. The van der Waals surface area contributed by atoms with E-state index in [9.17, 15) is 14.9 Å². The zero-order chi connectivity index (χ0) is 21.7. The summed E-state index contributed by atoms with van der Waals surface area (Å²) < 4.78 is 0. The molecule has 1 aliphatic rings. The lowest BCUT2D eigenvalue weighted by Gasteiger charge is -2.36. The summed E-state index contributed by atoms with van der Waals surface area (Å²) in [5.41, 5.74) is 3.18. The molecule has 0 bridgehead atoms. The van der Waals surface area contributed by atoms with Crippen LogP contribution in [0, 0.1) is 10.1 Å². The predicted molar refractivity (Wildman–Crippen MR) is 119 cm³/mol. The van der Waals surface area contributed by atoms with Gasteiger partial charge in [0, 0.05) is 23.5 Å². The van der Waals surface area contributed by atoms with Gasteiger partial charge in [-0.25, -0.2) is 0 Å². The number of benzene rings is 2. The largest absolute Gasteiger partial charge is 0.360 e. The van der Waals surface area contributed by atoms with Crippen LogP contribution in [0.2, 0.25) is 0 Å². The fraction of sp³-hybridized carbons (Fsp3) is 0.435. The Kier molecular flexibility index (Phi) is 7.05. The third kappa shape index (κ3) is 4.97. The van der Waals surface area contributed by atoms with Gasteiger partial charge in [0.1, 0.15) is 0 Å². The highest BCUT2D eigenvalue weighted by Crippen LogP contribution is 2.26. The van der Waals surface area contributed by atoms with Crippen molar-refractivity contribution in [1.29, 1.82) is 0 Å². The quantitative estimate of drug-likeness (QED) is 0.542. The van der Waals surface area contributed by atoms with Crippen molar-refractivity contribution in [2.24, 2.45) is 0 Å². The van der Waals surface area contributed by atoms with Crippen molar-refractivity contribution in [1.82, 2.24) is 0 Å². The Bertz CT molecular complexity index is 876. The van der Waals surface area contributed by atoms with Gasteiger partial charge in [0.05, 0.1) is 31.1 Å². The molecule has 30 heavy (non-hydrogen) atoms. The fourth-order valence-corrected chi connectivity index (χ4v) is 3.96. The lowest BCUT2D eigenvalue weighted by Crippen LogP contribution is -3.19. The van der Waals surface area contributed by atoms with Crippen LogP contribution in [0.1, 0.15) is 38.7 Å². The molecule has 1 aliphatic heterocycles. The van der Waals surface area contributed by atoms with Crippen LogP contribution in [0.25, 0.3) is 0 Å². The Balaban J connectivity index is 1.58. The van der Waals surface area contributed by atoms with Gasteiger partial charge < -0.3 is 15.1 Å². The summed E-state index contributed by atoms with van der Waals surface area (Å²) >= 11 is 0. The van der Waals surface area contributed by atoms with Crippen molar-refractivity contribution < 1.29 is 14.6 Å². The molecule has 1 heterocycles. The van der Waals surface area contributed by atoms with Crippen molar-refractivity contribution in [2.45, 2.75) is 39.2 Å². The molecular formula is C23H31N4O3+. The highest BCUT2D eigenvalue weighted by Gasteiger charge is 2.30. The molecule has 2 N–H and O–H groups in total.